The van der Waals surface area contributed by atoms with Crippen LogP contribution in [0.5, 0.6) is 5.75 Å². The van der Waals surface area contributed by atoms with Gasteiger partial charge in [-0.2, -0.15) is 8.42 Å². The number of nitrogens with zero attached hydrogens (tertiary/aromatic N) is 1. The molecule has 4 N–H and O–H groups in total. The van der Waals surface area contributed by atoms with Crippen LogP contribution in [0.1, 0.15) is 23.3 Å². The van der Waals surface area contributed by atoms with Gasteiger partial charge < -0.3 is 15.2 Å². The predicted molar refractivity (Wildman–Crippen MR) is 91.9 cm³/mol. The molecule has 2 heterocycles. The van der Waals surface area contributed by atoms with Gasteiger partial charge in [-0.3, -0.25) is 0 Å². The van der Waals surface area contributed by atoms with Crippen molar-refractivity contribution in [2.24, 2.45) is 5.14 Å². The molecular formula is C16H19N3O5S. The molecular weight excluding hydrogens is 346 g/mol. The Morgan fingerprint density at radius 3 is 2.40 bits per heavy atom. The molecule has 0 unspecified atom stereocenters. The largest absolute Gasteiger partial charge is 0.490 e. The molecule has 1 aromatic heterocycles. The molecule has 1 aromatic carbocycles. The topological polar surface area (TPSA) is 124 Å². The number of carbonyl (C=O) groups is 1. The van der Waals surface area contributed by atoms with Gasteiger partial charge in [-0.15, -0.1) is 0 Å². The molecule has 0 bridgehead atoms. The summed E-state index contributed by atoms with van der Waals surface area (Å²) in [6, 6.07) is 8.31. The summed E-state index contributed by atoms with van der Waals surface area (Å²) in [6.45, 7) is 1.84. The summed E-state index contributed by atoms with van der Waals surface area (Å²) < 4.78 is 29.5. The summed E-state index contributed by atoms with van der Waals surface area (Å²) in [5.41, 5.74) is 0.446. The van der Waals surface area contributed by atoms with E-state index in [4.69, 9.17) is 9.88 Å². The van der Waals surface area contributed by atoms with Crippen LogP contribution in [-0.4, -0.2) is 42.7 Å². The third-order valence-corrected chi connectivity index (χ3v) is 4.94. The molecule has 134 valence electrons. The van der Waals surface area contributed by atoms with Crippen molar-refractivity contribution < 1.29 is 23.1 Å². The minimum atomic E-state index is -4.19. The summed E-state index contributed by atoms with van der Waals surface area (Å²) in [6.07, 6.45) is 3.16. The average molecular weight is 365 g/mol. The molecule has 3 rings (SSSR count). The maximum Gasteiger partial charge on any atom is 0.354 e. The molecule has 0 radical (unpaired) electrons. The standard InChI is InChI=1S/C16H19N3O5S/c17-25(22,23)19-10-7-14(15(19)16(20)21)11-1-3-12(4-2-11)24-13-5-8-18-9-6-13/h1-4,7,10,13,18H,5-6,8-9H2,(H,20,21)(H2,17,22,23). The van der Waals surface area contributed by atoms with Crippen molar-refractivity contribution >= 4 is 16.2 Å². The van der Waals surface area contributed by atoms with Crippen LogP contribution in [0.15, 0.2) is 36.5 Å². The Hall–Kier alpha value is -2.36. The number of nitrogens with two attached hydrogens (primary N) is 1. The van der Waals surface area contributed by atoms with Gasteiger partial charge in [0, 0.05) is 11.8 Å². The molecule has 0 saturated carbocycles. The SMILES string of the molecule is NS(=O)(=O)n1ccc(-c2ccc(OC3CCNCC3)cc2)c1C(=O)O. The van der Waals surface area contributed by atoms with Gasteiger partial charge in [-0.25, -0.2) is 13.9 Å². The minimum Gasteiger partial charge on any atom is -0.490 e. The van der Waals surface area contributed by atoms with E-state index in [1.807, 2.05) is 0 Å². The van der Waals surface area contributed by atoms with Gasteiger partial charge in [0.2, 0.25) is 0 Å². The zero-order valence-corrected chi connectivity index (χ0v) is 14.2. The number of carboxylic acids is 1. The van der Waals surface area contributed by atoms with Gasteiger partial charge in [0.25, 0.3) is 0 Å². The number of hydrogen-bond donors (Lipinski definition) is 3. The Balaban J connectivity index is 1.87. The fourth-order valence-corrected chi connectivity index (χ4v) is 3.55. The van der Waals surface area contributed by atoms with Crippen molar-refractivity contribution in [1.82, 2.24) is 9.29 Å². The number of aromatic nitrogens is 1. The molecule has 9 heteroatoms. The van der Waals surface area contributed by atoms with Gasteiger partial charge in [0.05, 0.1) is 0 Å². The van der Waals surface area contributed by atoms with Crippen LogP contribution < -0.4 is 15.2 Å². The maximum absolute atomic E-state index is 11.5. The van der Waals surface area contributed by atoms with Gasteiger partial charge in [-0.1, -0.05) is 12.1 Å². The van der Waals surface area contributed by atoms with E-state index in [1.54, 1.807) is 24.3 Å². The molecule has 25 heavy (non-hydrogen) atoms. The first-order valence-corrected chi connectivity index (χ1v) is 9.32. The summed E-state index contributed by atoms with van der Waals surface area (Å²) in [5, 5.41) is 17.7. The molecule has 8 nitrogen and oxygen atoms in total. The normalized spacial score (nSPS) is 15.9. The number of nitrogens with one attached hydrogen (secondary N) is 1. The number of rotatable bonds is 5. The highest BCUT2D eigenvalue weighted by Crippen LogP contribution is 2.28. The molecule has 0 atom stereocenters. The number of ether oxygens (including phenoxy) is 1. The predicted octanol–water partition coefficient (Wildman–Crippen LogP) is 1.04. The summed E-state index contributed by atoms with van der Waals surface area (Å²) >= 11 is 0. The van der Waals surface area contributed by atoms with E-state index in [0.29, 0.717) is 15.3 Å². The Bertz CT molecular complexity index is 868. The van der Waals surface area contributed by atoms with Crippen molar-refractivity contribution in [2.75, 3.05) is 13.1 Å². The van der Waals surface area contributed by atoms with Gasteiger partial charge >= 0.3 is 16.2 Å². The molecule has 1 saturated heterocycles. The number of hydrogen-bond acceptors (Lipinski definition) is 5. The minimum absolute atomic E-state index is 0.158. The first-order chi connectivity index (χ1) is 11.9. The quantitative estimate of drug-likeness (QED) is 0.727. The first kappa shape index (κ1) is 17.5. The lowest BCUT2D eigenvalue weighted by molar-refractivity contribution is 0.0690. The van der Waals surface area contributed by atoms with Crippen LogP contribution in [0.25, 0.3) is 11.1 Å². The zero-order valence-electron chi connectivity index (χ0n) is 13.4. The van der Waals surface area contributed by atoms with E-state index in [2.05, 4.69) is 5.32 Å². The lowest BCUT2D eigenvalue weighted by Gasteiger charge is -2.23. The molecule has 1 fully saturated rings. The fraction of sp³-hybridized carbons (Fsp3) is 0.312. The molecule has 1 aliphatic heterocycles. The zero-order chi connectivity index (χ0) is 18.0. The molecule has 0 spiro atoms. The van der Waals surface area contributed by atoms with E-state index >= 15 is 0 Å². The van der Waals surface area contributed by atoms with Gasteiger partial charge in [-0.05, 0) is 49.7 Å². The number of carboxylic acid groups (broad SMARTS) is 1. The highest BCUT2D eigenvalue weighted by atomic mass is 32.2. The van der Waals surface area contributed by atoms with E-state index < -0.39 is 21.9 Å². The third kappa shape index (κ3) is 3.84. The lowest BCUT2D eigenvalue weighted by atomic mass is 10.1. The second kappa shape index (κ2) is 6.87. The molecule has 1 aliphatic rings. The smallest absolute Gasteiger partial charge is 0.354 e. The Kier molecular flexibility index (Phi) is 4.80. The average Bonchev–Trinajstić information content (AvgIpc) is 3.02. The van der Waals surface area contributed by atoms with Crippen LogP contribution in [0.2, 0.25) is 0 Å². The Morgan fingerprint density at radius 1 is 1.20 bits per heavy atom. The van der Waals surface area contributed by atoms with E-state index in [0.717, 1.165) is 32.1 Å². The monoisotopic (exact) mass is 365 g/mol. The Morgan fingerprint density at radius 2 is 1.84 bits per heavy atom. The van der Waals surface area contributed by atoms with Crippen LogP contribution >= 0.6 is 0 Å². The first-order valence-electron chi connectivity index (χ1n) is 7.82. The van der Waals surface area contributed by atoms with Crippen molar-refractivity contribution in [1.29, 1.82) is 0 Å². The highest BCUT2D eigenvalue weighted by Gasteiger charge is 2.23. The van der Waals surface area contributed by atoms with Gasteiger partial charge in [0.15, 0.2) is 5.69 Å². The van der Waals surface area contributed by atoms with Crippen molar-refractivity contribution in [2.45, 2.75) is 18.9 Å². The van der Waals surface area contributed by atoms with E-state index in [-0.39, 0.29) is 11.7 Å². The number of piperidine rings is 1. The molecule has 0 aliphatic carbocycles. The maximum atomic E-state index is 11.5. The number of benzene rings is 1. The number of aromatic carboxylic acids is 1. The van der Waals surface area contributed by atoms with E-state index in [1.165, 1.54) is 6.07 Å². The fourth-order valence-electron chi connectivity index (χ4n) is 2.89. The third-order valence-electron chi connectivity index (χ3n) is 4.08. The van der Waals surface area contributed by atoms with Crippen LogP contribution in [0.3, 0.4) is 0 Å². The van der Waals surface area contributed by atoms with Crippen molar-refractivity contribution in [3.8, 4) is 16.9 Å². The molecule has 2 aromatic rings. The molecule has 0 amide bonds. The van der Waals surface area contributed by atoms with Crippen LogP contribution in [0.4, 0.5) is 0 Å². The Labute approximate surface area is 145 Å². The second-order valence-electron chi connectivity index (χ2n) is 5.82. The highest BCUT2D eigenvalue weighted by molar-refractivity contribution is 7.87. The summed E-state index contributed by atoms with van der Waals surface area (Å²) in [4.78, 5) is 11.5. The van der Waals surface area contributed by atoms with Crippen molar-refractivity contribution in [3.63, 3.8) is 0 Å². The van der Waals surface area contributed by atoms with E-state index in [9.17, 15) is 18.3 Å². The van der Waals surface area contributed by atoms with Gasteiger partial charge in [0.1, 0.15) is 11.9 Å². The van der Waals surface area contributed by atoms with Crippen LogP contribution in [-0.2, 0) is 10.2 Å². The summed E-state index contributed by atoms with van der Waals surface area (Å²) in [5.74, 6) is -0.678. The van der Waals surface area contributed by atoms with Crippen molar-refractivity contribution in [3.05, 3.63) is 42.2 Å². The second-order valence-corrected chi connectivity index (χ2v) is 7.24. The summed E-state index contributed by atoms with van der Waals surface area (Å²) in [7, 11) is -4.19. The van der Waals surface area contributed by atoms with Crippen LogP contribution in [0, 0.1) is 0 Å². The lowest BCUT2D eigenvalue weighted by Crippen LogP contribution is -2.34.